The van der Waals surface area contributed by atoms with E-state index < -0.39 is 15.9 Å². The molecule has 144 valence electrons. The van der Waals surface area contributed by atoms with Gasteiger partial charge in [0, 0.05) is 16.6 Å². The molecule has 2 aromatic rings. The van der Waals surface area contributed by atoms with E-state index in [0.717, 1.165) is 5.56 Å². The van der Waals surface area contributed by atoms with Crippen LogP contribution in [0.4, 0.5) is 11.4 Å². The number of amides is 1. The number of hydrogen-bond acceptors (Lipinski definition) is 4. The summed E-state index contributed by atoms with van der Waals surface area (Å²) in [7, 11) is -3.38. The zero-order chi connectivity index (χ0) is 19.9. The highest BCUT2D eigenvalue weighted by Gasteiger charge is 2.32. The first-order chi connectivity index (χ1) is 12.6. The molecule has 3 rings (SSSR count). The molecule has 0 saturated carbocycles. The SMILES string of the molecule is CC1Cc2cc(C(=O)NNc3c(Cl)cc(Cl)cc3Cl)ccc2N1S(C)(=O)=O. The van der Waals surface area contributed by atoms with E-state index >= 15 is 0 Å². The summed E-state index contributed by atoms with van der Waals surface area (Å²) in [6.45, 7) is 1.83. The van der Waals surface area contributed by atoms with Crippen LogP contribution in [0.5, 0.6) is 0 Å². The molecule has 27 heavy (non-hydrogen) atoms. The molecule has 0 radical (unpaired) electrons. The van der Waals surface area contributed by atoms with Gasteiger partial charge in [0.25, 0.3) is 5.91 Å². The van der Waals surface area contributed by atoms with Gasteiger partial charge in [0.1, 0.15) is 0 Å². The van der Waals surface area contributed by atoms with Gasteiger partial charge in [-0.25, -0.2) is 8.42 Å². The Hall–Kier alpha value is -1.67. The lowest BCUT2D eigenvalue weighted by atomic mass is 10.1. The number of halogens is 3. The second-order valence-corrected chi connectivity index (χ2v) is 9.39. The molecule has 2 aromatic carbocycles. The standard InChI is InChI=1S/C17H16Cl3N3O3S/c1-9-5-11-6-10(3-4-15(11)23(9)27(2,25)26)17(24)22-21-16-13(19)7-12(18)8-14(16)20/h3-4,6-9,21H,5H2,1-2H3,(H,22,24). The fraction of sp³-hybridized carbons (Fsp3) is 0.235. The third-order valence-corrected chi connectivity index (χ3v) is 6.25. The van der Waals surface area contributed by atoms with Gasteiger partial charge < -0.3 is 0 Å². The Morgan fingerprint density at radius 1 is 1.15 bits per heavy atom. The Labute approximate surface area is 172 Å². The highest BCUT2D eigenvalue weighted by molar-refractivity contribution is 7.92. The maximum Gasteiger partial charge on any atom is 0.269 e. The van der Waals surface area contributed by atoms with Crippen LogP contribution in [0.15, 0.2) is 30.3 Å². The number of nitrogens with one attached hydrogen (secondary N) is 2. The van der Waals surface area contributed by atoms with Crippen LogP contribution in [-0.2, 0) is 16.4 Å². The van der Waals surface area contributed by atoms with Crippen molar-refractivity contribution in [1.82, 2.24) is 5.43 Å². The molecule has 0 spiro atoms. The summed E-state index contributed by atoms with van der Waals surface area (Å²) < 4.78 is 25.3. The largest absolute Gasteiger partial charge is 0.295 e. The zero-order valence-electron chi connectivity index (χ0n) is 14.4. The highest BCUT2D eigenvalue weighted by Crippen LogP contribution is 2.35. The third kappa shape index (κ3) is 4.11. The number of nitrogens with zero attached hydrogens (tertiary/aromatic N) is 1. The molecule has 6 nitrogen and oxygen atoms in total. The monoisotopic (exact) mass is 447 g/mol. The van der Waals surface area contributed by atoms with Crippen molar-refractivity contribution >= 4 is 62.1 Å². The molecule has 1 aliphatic rings. The van der Waals surface area contributed by atoms with Crippen LogP contribution in [0.3, 0.4) is 0 Å². The van der Waals surface area contributed by atoms with Crippen molar-refractivity contribution in [3.63, 3.8) is 0 Å². The quantitative estimate of drug-likeness (QED) is 0.690. The second-order valence-electron chi connectivity index (χ2n) is 6.28. The Morgan fingerprint density at radius 3 is 2.37 bits per heavy atom. The van der Waals surface area contributed by atoms with Crippen molar-refractivity contribution in [3.05, 3.63) is 56.5 Å². The minimum Gasteiger partial charge on any atom is -0.295 e. The summed E-state index contributed by atoms with van der Waals surface area (Å²) in [6, 6.07) is 7.69. The number of fused-ring (bicyclic) bond motifs is 1. The average Bonchev–Trinajstić information content (AvgIpc) is 2.88. The number of benzene rings is 2. The molecule has 1 unspecified atom stereocenters. The average molecular weight is 449 g/mol. The fourth-order valence-electron chi connectivity index (χ4n) is 3.10. The van der Waals surface area contributed by atoms with Gasteiger partial charge in [-0.2, -0.15) is 0 Å². The first-order valence-electron chi connectivity index (χ1n) is 7.91. The molecule has 1 heterocycles. The molecule has 1 atom stereocenters. The molecule has 0 fully saturated rings. The summed E-state index contributed by atoms with van der Waals surface area (Å²) in [6.07, 6.45) is 1.70. The molecular weight excluding hydrogens is 433 g/mol. The van der Waals surface area contributed by atoms with Crippen molar-refractivity contribution in [2.75, 3.05) is 16.0 Å². The van der Waals surface area contributed by atoms with Crippen LogP contribution in [0, 0.1) is 0 Å². The number of hydrazine groups is 1. The normalized spacial score (nSPS) is 16.2. The first kappa shape index (κ1) is 20.1. The maximum absolute atomic E-state index is 12.4. The Morgan fingerprint density at radius 2 is 1.78 bits per heavy atom. The summed E-state index contributed by atoms with van der Waals surface area (Å²) in [5.41, 5.74) is 7.31. The molecule has 10 heteroatoms. The van der Waals surface area contributed by atoms with E-state index in [1.807, 2.05) is 6.92 Å². The summed E-state index contributed by atoms with van der Waals surface area (Å²) in [4.78, 5) is 12.4. The number of sulfonamides is 1. The highest BCUT2D eigenvalue weighted by atomic mass is 35.5. The molecule has 1 aliphatic heterocycles. The second kappa shape index (κ2) is 7.39. The zero-order valence-corrected chi connectivity index (χ0v) is 17.5. The van der Waals surface area contributed by atoms with Gasteiger partial charge in [-0.3, -0.25) is 20.0 Å². The lowest BCUT2D eigenvalue weighted by molar-refractivity contribution is 0.0962. The van der Waals surface area contributed by atoms with Crippen LogP contribution in [0.25, 0.3) is 0 Å². The van der Waals surface area contributed by atoms with Crippen molar-refractivity contribution < 1.29 is 13.2 Å². The number of rotatable bonds is 4. The maximum atomic E-state index is 12.4. The van der Waals surface area contributed by atoms with Crippen LogP contribution in [-0.4, -0.2) is 26.6 Å². The molecule has 0 aliphatic carbocycles. The smallest absolute Gasteiger partial charge is 0.269 e. The van der Waals surface area contributed by atoms with E-state index in [0.29, 0.717) is 28.4 Å². The number of hydrogen-bond donors (Lipinski definition) is 2. The van der Waals surface area contributed by atoms with Crippen molar-refractivity contribution in [1.29, 1.82) is 0 Å². The summed E-state index contributed by atoms with van der Waals surface area (Å²) >= 11 is 18.0. The molecular formula is C17H16Cl3N3O3S. The van der Waals surface area contributed by atoms with Gasteiger partial charge in [-0.1, -0.05) is 34.8 Å². The third-order valence-electron chi connectivity index (χ3n) is 4.16. The molecule has 0 aromatic heterocycles. The van der Waals surface area contributed by atoms with Gasteiger partial charge in [-0.15, -0.1) is 0 Å². The Bertz CT molecular complexity index is 1000. The van der Waals surface area contributed by atoms with E-state index in [2.05, 4.69) is 10.9 Å². The van der Waals surface area contributed by atoms with Crippen LogP contribution in [0.1, 0.15) is 22.8 Å². The minimum atomic E-state index is -3.38. The lowest BCUT2D eigenvalue weighted by Gasteiger charge is -2.22. The number of carbonyl (C=O) groups excluding carboxylic acids is 1. The van der Waals surface area contributed by atoms with E-state index in [-0.39, 0.29) is 16.1 Å². The molecule has 0 saturated heterocycles. The van der Waals surface area contributed by atoms with Gasteiger partial charge in [0.05, 0.1) is 27.7 Å². The Kier molecular flexibility index (Phi) is 5.49. The summed E-state index contributed by atoms with van der Waals surface area (Å²) in [5, 5.41) is 0.906. The lowest BCUT2D eigenvalue weighted by Crippen LogP contribution is -2.34. The van der Waals surface area contributed by atoms with Crippen molar-refractivity contribution in [2.45, 2.75) is 19.4 Å². The predicted octanol–water partition coefficient (Wildman–Crippen LogP) is 4.11. The van der Waals surface area contributed by atoms with Gasteiger partial charge >= 0.3 is 0 Å². The van der Waals surface area contributed by atoms with E-state index in [1.165, 1.54) is 22.7 Å². The molecule has 0 bridgehead atoms. The fourth-order valence-corrected chi connectivity index (χ4v) is 5.28. The minimum absolute atomic E-state index is 0.196. The first-order valence-corrected chi connectivity index (χ1v) is 10.9. The van der Waals surface area contributed by atoms with E-state index in [1.54, 1.807) is 18.2 Å². The van der Waals surface area contributed by atoms with Crippen LogP contribution < -0.4 is 15.2 Å². The predicted molar refractivity (Wildman–Crippen MR) is 109 cm³/mol. The van der Waals surface area contributed by atoms with Crippen LogP contribution in [0.2, 0.25) is 15.1 Å². The van der Waals surface area contributed by atoms with E-state index in [4.69, 9.17) is 34.8 Å². The van der Waals surface area contributed by atoms with Gasteiger partial charge in [-0.05, 0) is 49.2 Å². The molecule has 1 amide bonds. The van der Waals surface area contributed by atoms with Crippen molar-refractivity contribution in [2.24, 2.45) is 0 Å². The Balaban J connectivity index is 1.79. The van der Waals surface area contributed by atoms with Crippen molar-refractivity contribution in [3.8, 4) is 0 Å². The van der Waals surface area contributed by atoms with Gasteiger partial charge in [0.2, 0.25) is 10.0 Å². The van der Waals surface area contributed by atoms with Gasteiger partial charge in [0.15, 0.2) is 0 Å². The molecule has 2 N–H and O–H groups in total. The van der Waals surface area contributed by atoms with E-state index in [9.17, 15) is 13.2 Å². The topological polar surface area (TPSA) is 78.5 Å². The van der Waals surface area contributed by atoms with Crippen LogP contribution >= 0.6 is 34.8 Å². The number of carbonyl (C=O) groups is 1. The summed E-state index contributed by atoms with van der Waals surface area (Å²) in [5.74, 6) is -0.412. The number of anilines is 2.